The van der Waals surface area contributed by atoms with E-state index in [2.05, 4.69) is 21.5 Å². The van der Waals surface area contributed by atoms with Crippen molar-refractivity contribution in [2.75, 3.05) is 12.4 Å². The van der Waals surface area contributed by atoms with E-state index in [1.54, 1.807) is 61.7 Å². The molecule has 4 N–H and O–H groups in total. The molecule has 8 nitrogen and oxygen atoms in total. The standard InChI is InChI=1S/C23H26N4O4S/c1-3-4-5-20(28)24-18-11-9-17(10-12-18)22(30)26-27-23(32)25-21(29)15-8-16-6-13-19(31-2)14-7-16/h6-15H,3-5H2,1-2H3,(H,24,28)(H,26,30)(H2,25,27,29,32). The van der Waals surface area contributed by atoms with Crippen LogP contribution >= 0.6 is 12.2 Å². The molecule has 0 unspecified atom stereocenters. The molecule has 0 aliphatic heterocycles. The summed E-state index contributed by atoms with van der Waals surface area (Å²) >= 11 is 5.01. The van der Waals surface area contributed by atoms with Crippen LogP contribution in [0.2, 0.25) is 0 Å². The van der Waals surface area contributed by atoms with Gasteiger partial charge in [0.25, 0.3) is 5.91 Å². The third-order valence-corrected chi connectivity index (χ3v) is 4.46. The highest BCUT2D eigenvalue weighted by molar-refractivity contribution is 7.80. The number of hydrogen-bond donors (Lipinski definition) is 4. The van der Waals surface area contributed by atoms with Gasteiger partial charge >= 0.3 is 0 Å². The van der Waals surface area contributed by atoms with E-state index in [1.165, 1.54) is 6.08 Å². The molecule has 3 amide bonds. The van der Waals surface area contributed by atoms with Crippen LogP contribution in [0.15, 0.2) is 54.6 Å². The van der Waals surface area contributed by atoms with E-state index < -0.39 is 11.8 Å². The molecule has 0 aliphatic rings. The third kappa shape index (κ3) is 8.57. The van der Waals surface area contributed by atoms with Crippen LogP contribution in [0.25, 0.3) is 6.08 Å². The maximum atomic E-state index is 12.2. The summed E-state index contributed by atoms with van der Waals surface area (Å²) in [5.74, 6) is -0.234. The summed E-state index contributed by atoms with van der Waals surface area (Å²) in [5.41, 5.74) is 6.67. The number of ether oxygens (including phenoxy) is 1. The normalized spacial score (nSPS) is 10.3. The van der Waals surface area contributed by atoms with Gasteiger partial charge in [-0.1, -0.05) is 25.5 Å². The molecule has 0 aliphatic carbocycles. The van der Waals surface area contributed by atoms with Gasteiger partial charge in [-0.25, -0.2) is 0 Å². The topological polar surface area (TPSA) is 109 Å². The monoisotopic (exact) mass is 454 g/mol. The van der Waals surface area contributed by atoms with E-state index >= 15 is 0 Å². The lowest BCUT2D eigenvalue weighted by Gasteiger charge is -2.10. The van der Waals surface area contributed by atoms with Crippen molar-refractivity contribution >= 4 is 46.8 Å². The average Bonchev–Trinajstić information content (AvgIpc) is 2.80. The highest BCUT2D eigenvalue weighted by Crippen LogP contribution is 2.12. The smallest absolute Gasteiger partial charge is 0.269 e. The molecular formula is C23H26N4O4S. The molecule has 2 rings (SSSR count). The van der Waals surface area contributed by atoms with Crippen molar-refractivity contribution < 1.29 is 19.1 Å². The summed E-state index contributed by atoms with van der Waals surface area (Å²) < 4.78 is 5.08. The van der Waals surface area contributed by atoms with Gasteiger partial charge in [0.05, 0.1) is 7.11 Å². The Bertz CT molecular complexity index is 972. The van der Waals surface area contributed by atoms with Gasteiger partial charge in [-0.3, -0.25) is 30.6 Å². The molecule has 0 bridgehead atoms. The predicted molar refractivity (Wildman–Crippen MR) is 128 cm³/mol. The van der Waals surface area contributed by atoms with E-state index in [-0.39, 0.29) is 11.0 Å². The van der Waals surface area contributed by atoms with Gasteiger partial charge in [-0.15, -0.1) is 0 Å². The summed E-state index contributed by atoms with van der Waals surface area (Å²) in [6, 6.07) is 13.6. The molecule has 0 heterocycles. The summed E-state index contributed by atoms with van der Waals surface area (Å²) in [6.07, 6.45) is 5.18. The van der Waals surface area contributed by atoms with Crippen LogP contribution < -0.4 is 26.2 Å². The number of carbonyl (C=O) groups excluding carboxylic acids is 3. The molecule has 0 spiro atoms. The molecule has 0 atom stereocenters. The predicted octanol–water partition coefficient (Wildman–Crippen LogP) is 3.17. The first-order valence-electron chi connectivity index (χ1n) is 10.0. The zero-order chi connectivity index (χ0) is 23.3. The summed E-state index contributed by atoms with van der Waals surface area (Å²) in [7, 11) is 1.58. The average molecular weight is 455 g/mol. The molecular weight excluding hydrogens is 428 g/mol. The molecule has 168 valence electrons. The van der Waals surface area contributed by atoms with Gasteiger partial charge in [0.15, 0.2) is 5.11 Å². The summed E-state index contributed by atoms with van der Waals surface area (Å²) in [6.45, 7) is 2.02. The number of methoxy groups -OCH3 is 1. The van der Waals surface area contributed by atoms with Crippen LogP contribution in [-0.2, 0) is 9.59 Å². The van der Waals surface area contributed by atoms with Crippen molar-refractivity contribution in [1.82, 2.24) is 16.2 Å². The fourth-order valence-corrected chi connectivity index (χ4v) is 2.67. The minimum absolute atomic E-state index is 0.0532. The lowest BCUT2D eigenvalue weighted by atomic mass is 10.2. The number of benzene rings is 2. The molecule has 2 aromatic rings. The first kappa shape index (κ1) is 24.5. The highest BCUT2D eigenvalue weighted by Gasteiger charge is 2.08. The Morgan fingerprint density at radius 3 is 2.31 bits per heavy atom. The zero-order valence-corrected chi connectivity index (χ0v) is 18.8. The number of carbonyl (C=O) groups is 3. The van der Waals surface area contributed by atoms with Gasteiger partial charge in [0.1, 0.15) is 5.75 Å². The van der Waals surface area contributed by atoms with Gasteiger partial charge in [-0.2, -0.15) is 0 Å². The Labute approximate surface area is 192 Å². The number of thiocarbonyl (C=S) groups is 1. The minimum Gasteiger partial charge on any atom is -0.497 e. The number of anilines is 1. The lowest BCUT2D eigenvalue weighted by molar-refractivity contribution is -0.116. The second-order valence-electron chi connectivity index (χ2n) is 6.73. The fourth-order valence-electron chi connectivity index (χ4n) is 2.52. The second-order valence-corrected chi connectivity index (χ2v) is 7.14. The van der Waals surface area contributed by atoms with Crippen molar-refractivity contribution in [2.45, 2.75) is 26.2 Å². The van der Waals surface area contributed by atoms with E-state index in [9.17, 15) is 14.4 Å². The molecule has 0 aromatic heterocycles. The number of amides is 3. The van der Waals surface area contributed by atoms with E-state index in [0.29, 0.717) is 17.7 Å². The largest absolute Gasteiger partial charge is 0.497 e. The summed E-state index contributed by atoms with van der Waals surface area (Å²) in [4.78, 5) is 35.9. The van der Waals surface area contributed by atoms with Crippen molar-refractivity contribution in [1.29, 1.82) is 0 Å². The maximum Gasteiger partial charge on any atom is 0.269 e. The number of hydrazine groups is 1. The van der Waals surface area contributed by atoms with Crippen LogP contribution in [-0.4, -0.2) is 29.9 Å². The maximum absolute atomic E-state index is 12.2. The van der Waals surface area contributed by atoms with Gasteiger partial charge in [0, 0.05) is 23.7 Å². The Morgan fingerprint density at radius 2 is 1.69 bits per heavy atom. The zero-order valence-electron chi connectivity index (χ0n) is 17.9. The van der Waals surface area contributed by atoms with E-state index in [1.807, 2.05) is 6.92 Å². The van der Waals surface area contributed by atoms with Crippen molar-refractivity contribution in [3.05, 3.63) is 65.7 Å². The molecule has 0 saturated carbocycles. The minimum atomic E-state index is -0.448. The van der Waals surface area contributed by atoms with Gasteiger partial charge in [0.2, 0.25) is 11.8 Å². The molecule has 0 fully saturated rings. The number of unbranched alkanes of at least 4 members (excludes halogenated alkanes) is 1. The van der Waals surface area contributed by atoms with Crippen LogP contribution in [0.4, 0.5) is 5.69 Å². The summed E-state index contributed by atoms with van der Waals surface area (Å²) in [5, 5.41) is 5.16. The van der Waals surface area contributed by atoms with Crippen LogP contribution in [0, 0.1) is 0 Å². The Morgan fingerprint density at radius 1 is 1.00 bits per heavy atom. The highest BCUT2D eigenvalue weighted by atomic mass is 32.1. The number of hydrogen-bond acceptors (Lipinski definition) is 5. The third-order valence-electron chi connectivity index (χ3n) is 4.26. The molecule has 9 heteroatoms. The Kier molecular flexibility index (Phi) is 9.86. The van der Waals surface area contributed by atoms with Crippen LogP contribution in [0.5, 0.6) is 5.75 Å². The van der Waals surface area contributed by atoms with E-state index in [0.717, 1.165) is 24.2 Å². The van der Waals surface area contributed by atoms with Crippen molar-refractivity contribution in [2.24, 2.45) is 0 Å². The lowest BCUT2D eigenvalue weighted by Crippen LogP contribution is -2.48. The molecule has 32 heavy (non-hydrogen) atoms. The van der Waals surface area contributed by atoms with Gasteiger partial charge in [-0.05, 0) is 66.7 Å². The first-order chi connectivity index (χ1) is 15.4. The van der Waals surface area contributed by atoms with Gasteiger partial charge < -0.3 is 10.1 Å². The van der Waals surface area contributed by atoms with E-state index in [4.69, 9.17) is 17.0 Å². The number of rotatable bonds is 8. The second kappa shape index (κ2) is 12.9. The quantitative estimate of drug-likeness (QED) is 0.277. The molecule has 2 aromatic carbocycles. The fraction of sp³-hybridized carbons (Fsp3) is 0.217. The first-order valence-corrected chi connectivity index (χ1v) is 10.5. The number of nitrogens with one attached hydrogen (secondary N) is 4. The van der Waals surface area contributed by atoms with Crippen molar-refractivity contribution in [3.8, 4) is 5.75 Å². The van der Waals surface area contributed by atoms with Crippen molar-refractivity contribution in [3.63, 3.8) is 0 Å². The van der Waals surface area contributed by atoms with Crippen LogP contribution in [0.1, 0.15) is 42.1 Å². The SMILES string of the molecule is CCCCC(=O)Nc1ccc(C(=O)NNC(=S)NC(=O)C=Cc2ccc(OC)cc2)cc1. The van der Waals surface area contributed by atoms with Crippen LogP contribution in [0.3, 0.4) is 0 Å². The Hall–Kier alpha value is -3.72. The molecule has 0 saturated heterocycles. The Balaban J connectivity index is 1.76. The molecule has 0 radical (unpaired) electrons.